The number of aryl methyl sites for hydroxylation is 1. The first kappa shape index (κ1) is 23.3. The number of nitrogens with zero attached hydrogens (tertiary/aromatic N) is 2. The molecule has 168 valence electrons. The Morgan fingerprint density at radius 2 is 1.84 bits per heavy atom. The second kappa shape index (κ2) is 11.9. The Morgan fingerprint density at radius 1 is 1.09 bits per heavy atom. The topological polar surface area (TPSA) is 90.6 Å². The molecule has 0 aromatic heterocycles. The number of unbranched alkanes of at least 4 members (excludes halogenated alkanes) is 2. The van der Waals surface area contributed by atoms with Crippen LogP contribution in [0.15, 0.2) is 54.6 Å². The molecular formula is C26H30N2O4. The van der Waals surface area contributed by atoms with Crippen molar-refractivity contribution in [3.63, 3.8) is 0 Å². The summed E-state index contributed by atoms with van der Waals surface area (Å²) < 4.78 is 5.74. The molecule has 2 unspecified atom stereocenters. The van der Waals surface area contributed by atoms with Gasteiger partial charge in [-0.3, -0.25) is 9.59 Å². The summed E-state index contributed by atoms with van der Waals surface area (Å²) in [4.78, 5) is 26.1. The van der Waals surface area contributed by atoms with Gasteiger partial charge in [-0.1, -0.05) is 42.5 Å². The first-order chi connectivity index (χ1) is 15.6. The molecule has 1 amide bonds. The lowest BCUT2D eigenvalue weighted by molar-refractivity contribution is -0.142. The number of amides is 1. The standard InChI is InChI=1S/C26H30N2O4/c27-15-5-2-6-17-32-23-13-11-21(12-14-23)24-18-22(19-25(29)30)26(31)28(24)16-7-10-20-8-3-1-4-9-20/h1,3-4,8-9,11-14,22,24H,2,5-7,10,16-19H2,(H,29,30). The highest BCUT2D eigenvalue weighted by molar-refractivity contribution is 5.85. The van der Waals surface area contributed by atoms with Crippen LogP contribution in [0.4, 0.5) is 0 Å². The summed E-state index contributed by atoms with van der Waals surface area (Å²) in [5, 5.41) is 17.8. The Kier molecular flexibility index (Phi) is 8.68. The Hall–Kier alpha value is -3.33. The molecule has 0 spiro atoms. The number of ether oxygens (including phenoxy) is 1. The zero-order valence-electron chi connectivity index (χ0n) is 18.3. The van der Waals surface area contributed by atoms with Crippen LogP contribution >= 0.6 is 0 Å². The molecule has 1 aliphatic rings. The smallest absolute Gasteiger partial charge is 0.304 e. The molecule has 2 atom stereocenters. The second-order valence-corrected chi connectivity index (χ2v) is 8.20. The number of rotatable bonds is 12. The predicted molar refractivity (Wildman–Crippen MR) is 121 cm³/mol. The predicted octanol–water partition coefficient (Wildman–Crippen LogP) is 4.76. The van der Waals surface area contributed by atoms with Crippen LogP contribution in [0, 0.1) is 17.2 Å². The lowest BCUT2D eigenvalue weighted by atomic mass is 9.97. The highest BCUT2D eigenvalue weighted by atomic mass is 16.5. The summed E-state index contributed by atoms with van der Waals surface area (Å²) in [6.07, 6.45) is 4.28. The first-order valence-corrected chi connectivity index (χ1v) is 11.2. The van der Waals surface area contributed by atoms with Crippen molar-refractivity contribution in [2.75, 3.05) is 13.2 Å². The van der Waals surface area contributed by atoms with Gasteiger partial charge >= 0.3 is 5.97 Å². The molecule has 0 bridgehead atoms. The number of likely N-dealkylation sites (tertiary alicyclic amines) is 1. The number of carbonyl (C=O) groups excluding carboxylic acids is 1. The van der Waals surface area contributed by atoms with E-state index in [2.05, 4.69) is 18.2 Å². The van der Waals surface area contributed by atoms with Crippen molar-refractivity contribution >= 4 is 11.9 Å². The fraction of sp³-hybridized carbons (Fsp3) is 0.423. The highest BCUT2D eigenvalue weighted by Gasteiger charge is 2.40. The summed E-state index contributed by atoms with van der Waals surface area (Å²) in [5.41, 5.74) is 2.23. The summed E-state index contributed by atoms with van der Waals surface area (Å²) >= 11 is 0. The maximum absolute atomic E-state index is 13.0. The van der Waals surface area contributed by atoms with Crippen molar-refractivity contribution in [3.8, 4) is 11.8 Å². The molecule has 0 aliphatic carbocycles. The molecule has 1 aliphatic heterocycles. The van der Waals surface area contributed by atoms with Crippen LogP contribution in [-0.4, -0.2) is 35.0 Å². The number of carboxylic acids is 1. The van der Waals surface area contributed by atoms with Gasteiger partial charge in [-0.25, -0.2) is 0 Å². The summed E-state index contributed by atoms with van der Waals surface area (Å²) in [7, 11) is 0. The molecule has 3 rings (SSSR count). The molecule has 1 saturated heterocycles. The van der Waals surface area contributed by atoms with Crippen molar-refractivity contribution in [2.24, 2.45) is 5.92 Å². The maximum Gasteiger partial charge on any atom is 0.304 e. The van der Waals surface area contributed by atoms with E-state index in [9.17, 15) is 14.7 Å². The Morgan fingerprint density at radius 3 is 2.53 bits per heavy atom. The van der Waals surface area contributed by atoms with Crippen LogP contribution in [0.5, 0.6) is 5.75 Å². The molecule has 1 N–H and O–H groups in total. The maximum atomic E-state index is 13.0. The molecular weight excluding hydrogens is 404 g/mol. The number of hydrogen-bond acceptors (Lipinski definition) is 4. The number of aliphatic carboxylic acids is 1. The van der Waals surface area contributed by atoms with Gasteiger partial charge in [-0.05, 0) is 55.4 Å². The third kappa shape index (κ3) is 6.58. The zero-order valence-corrected chi connectivity index (χ0v) is 18.3. The van der Waals surface area contributed by atoms with E-state index in [0.29, 0.717) is 26.0 Å². The minimum absolute atomic E-state index is 0.0664. The van der Waals surface area contributed by atoms with Gasteiger partial charge in [-0.15, -0.1) is 0 Å². The minimum atomic E-state index is -0.937. The lowest BCUT2D eigenvalue weighted by Crippen LogP contribution is -2.31. The van der Waals surface area contributed by atoms with Crippen molar-refractivity contribution in [2.45, 2.75) is 51.0 Å². The summed E-state index contributed by atoms with van der Waals surface area (Å²) in [5.74, 6) is -0.727. The molecule has 2 aromatic rings. The van der Waals surface area contributed by atoms with Crippen molar-refractivity contribution in [3.05, 3.63) is 65.7 Å². The van der Waals surface area contributed by atoms with Crippen molar-refractivity contribution in [1.82, 2.24) is 4.90 Å². The fourth-order valence-electron chi connectivity index (χ4n) is 4.23. The van der Waals surface area contributed by atoms with Crippen LogP contribution in [0.3, 0.4) is 0 Å². The molecule has 0 radical (unpaired) electrons. The SMILES string of the molecule is N#CCCCCOc1ccc(C2CC(CC(=O)O)C(=O)N2CCCc2ccccc2)cc1. The van der Waals surface area contributed by atoms with E-state index in [4.69, 9.17) is 10.00 Å². The monoisotopic (exact) mass is 434 g/mol. The molecule has 6 nitrogen and oxygen atoms in total. The number of benzene rings is 2. The lowest BCUT2D eigenvalue weighted by Gasteiger charge is -2.25. The molecule has 6 heteroatoms. The molecule has 1 fully saturated rings. The number of carbonyl (C=O) groups is 2. The molecule has 0 saturated carbocycles. The van der Waals surface area contributed by atoms with Gasteiger partial charge < -0.3 is 14.7 Å². The number of nitriles is 1. The van der Waals surface area contributed by atoms with Gasteiger partial charge in [0.15, 0.2) is 0 Å². The van der Waals surface area contributed by atoms with Crippen LogP contribution in [0.25, 0.3) is 0 Å². The third-order valence-corrected chi connectivity index (χ3v) is 5.86. The molecule has 1 heterocycles. The highest BCUT2D eigenvalue weighted by Crippen LogP contribution is 2.38. The normalized spacial score (nSPS) is 17.8. The van der Waals surface area contributed by atoms with Crippen LogP contribution in [0.2, 0.25) is 0 Å². The van der Waals surface area contributed by atoms with Gasteiger partial charge in [0.25, 0.3) is 0 Å². The Labute approximate surface area is 189 Å². The van der Waals surface area contributed by atoms with Gasteiger partial charge in [0.05, 0.1) is 31.1 Å². The summed E-state index contributed by atoms with van der Waals surface area (Å²) in [6, 6.07) is 19.9. The minimum Gasteiger partial charge on any atom is -0.494 e. The van der Waals surface area contributed by atoms with Gasteiger partial charge in [0, 0.05) is 13.0 Å². The van der Waals surface area contributed by atoms with E-state index in [1.54, 1.807) is 0 Å². The second-order valence-electron chi connectivity index (χ2n) is 8.20. The van der Waals surface area contributed by atoms with Gasteiger partial charge in [0.1, 0.15) is 5.75 Å². The van der Waals surface area contributed by atoms with E-state index < -0.39 is 11.9 Å². The van der Waals surface area contributed by atoms with Gasteiger partial charge in [0.2, 0.25) is 5.91 Å². The van der Waals surface area contributed by atoms with Gasteiger partial charge in [-0.2, -0.15) is 5.26 Å². The molecule has 32 heavy (non-hydrogen) atoms. The Balaban J connectivity index is 1.63. The van der Waals surface area contributed by atoms with Crippen molar-refractivity contribution in [1.29, 1.82) is 5.26 Å². The number of carboxylic acid groups (broad SMARTS) is 1. The first-order valence-electron chi connectivity index (χ1n) is 11.2. The van der Waals surface area contributed by atoms with E-state index >= 15 is 0 Å². The van der Waals surface area contributed by atoms with E-state index in [-0.39, 0.29) is 18.4 Å². The zero-order chi connectivity index (χ0) is 22.8. The number of hydrogen-bond donors (Lipinski definition) is 1. The van der Waals surface area contributed by atoms with E-state index in [1.165, 1.54) is 5.56 Å². The van der Waals surface area contributed by atoms with Crippen molar-refractivity contribution < 1.29 is 19.4 Å². The van der Waals surface area contributed by atoms with E-state index in [0.717, 1.165) is 37.0 Å². The van der Waals surface area contributed by atoms with E-state index in [1.807, 2.05) is 47.4 Å². The quantitative estimate of drug-likeness (QED) is 0.487. The van der Waals surface area contributed by atoms with Crippen LogP contribution in [-0.2, 0) is 16.0 Å². The average molecular weight is 435 g/mol. The largest absolute Gasteiger partial charge is 0.494 e. The Bertz CT molecular complexity index is 921. The van der Waals surface area contributed by atoms with Crippen LogP contribution in [0.1, 0.15) is 55.7 Å². The average Bonchev–Trinajstić information content (AvgIpc) is 3.09. The third-order valence-electron chi connectivity index (χ3n) is 5.86. The fourth-order valence-corrected chi connectivity index (χ4v) is 4.23. The summed E-state index contributed by atoms with van der Waals surface area (Å²) in [6.45, 7) is 1.17. The molecule has 2 aromatic carbocycles. The van der Waals surface area contributed by atoms with Crippen LogP contribution < -0.4 is 4.74 Å².